The quantitative estimate of drug-likeness (QED) is 0.433. The van der Waals surface area contributed by atoms with Crippen LogP contribution in [0.2, 0.25) is 5.02 Å². The van der Waals surface area contributed by atoms with Gasteiger partial charge in [-0.15, -0.1) is 11.3 Å². The average Bonchev–Trinajstić information content (AvgIpc) is 3.13. The number of nitrogens with one attached hydrogen (secondary N) is 1. The third-order valence-electron chi connectivity index (χ3n) is 4.71. The molecule has 3 aromatic rings. The van der Waals surface area contributed by atoms with Crippen LogP contribution in [0.15, 0.2) is 48.0 Å². The molecular weight excluding hydrogens is 467 g/mol. The summed E-state index contributed by atoms with van der Waals surface area (Å²) >= 11 is 7.51. The van der Waals surface area contributed by atoms with Gasteiger partial charge in [0.05, 0.1) is 13.2 Å². The molecule has 0 spiro atoms. The summed E-state index contributed by atoms with van der Waals surface area (Å²) in [6.07, 6.45) is 3.06. The van der Waals surface area contributed by atoms with E-state index in [9.17, 15) is 18.1 Å². The van der Waals surface area contributed by atoms with E-state index >= 15 is 0 Å². The first-order valence-electron chi connectivity index (χ1n) is 9.35. The van der Waals surface area contributed by atoms with Crippen LogP contribution < -0.4 is 5.32 Å². The summed E-state index contributed by atoms with van der Waals surface area (Å²) in [7, 11) is -3.82. The first-order valence-corrected chi connectivity index (χ1v) is 12.2. The Kier molecular flexibility index (Phi) is 6.55. The third-order valence-corrected chi connectivity index (χ3v) is 8.15. The van der Waals surface area contributed by atoms with E-state index in [2.05, 4.69) is 5.32 Å². The zero-order valence-corrected chi connectivity index (χ0v) is 18.5. The predicted molar refractivity (Wildman–Crippen MR) is 117 cm³/mol. The summed E-state index contributed by atoms with van der Waals surface area (Å²) in [6.45, 7) is 0.418. The normalized spacial score (nSPS) is 17.1. The highest BCUT2D eigenvalue weighted by atomic mass is 35.5. The van der Waals surface area contributed by atoms with Crippen molar-refractivity contribution in [2.24, 2.45) is 0 Å². The SMILES string of the molecule is O=C(NC=Cc1ccc(F)cc1F)C(c1csc2ccc(Cl)cc12)P1(=O)OCCCO1. The molecular formula is C21H17ClF2NO4PS. The van der Waals surface area contributed by atoms with Crippen LogP contribution in [0.1, 0.15) is 23.2 Å². The van der Waals surface area contributed by atoms with Gasteiger partial charge in [0.15, 0.2) is 5.66 Å². The fraction of sp³-hybridized carbons (Fsp3) is 0.190. The van der Waals surface area contributed by atoms with Gasteiger partial charge < -0.3 is 14.4 Å². The molecule has 0 saturated carbocycles. The number of halogens is 3. The zero-order valence-electron chi connectivity index (χ0n) is 16.0. The van der Waals surface area contributed by atoms with E-state index in [1.807, 2.05) is 6.07 Å². The maximum atomic E-state index is 13.8. The lowest BCUT2D eigenvalue weighted by molar-refractivity contribution is -0.120. The van der Waals surface area contributed by atoms with Crippen LogP contribution in [-0.2, 0) is 18.4 Å². The maximum absolute atomic E-state index is 13.8. The molecule has 1 atom stereocenters. The van der Waals surface area contributed by atoms with E-state index in [1.165, 1.54) is 29.7 Å². The van der Waals surface area contributed by atoms with Crippen molar-refractivity contribution in [1.82, 2.24) is 5.32 Å². The van der Waals surface area contributed by atoms with Crippen LogP contribution in [0.4, 0.5) is 8.78 Å². The number of carbonyl (C=O) groups is 1. The highest BCUT2D eigenvalue weighted by molar-refractivity contribution is 7.55. The first kappa shape index (κ1) is 22.1. The monoisotopic (exact) mass is 483 g/mol. The van der Waals surface area contributed by atoms with Crippen LogP contribution in [-0.4, -0.2) is 19.1 Å². The van der Waals surface area contributed by atoms with Crippen molar-refractivity contribution in [3.05, 3.63) is 75.8 Å². The van der Waals surface area contributed by atoms with Crippen LogP contribution in [0.3, 0.4) is 0 Å². The lowest BCUT2D eigenvalue weighted by Gasteiger charge is -2.29. The molecule has 1 aliphatic rings. The van der Waals surface area contributed by atoms with Gasteiger partial charge in [-0.2, -0.15) is 0 Å². The molecule has 0 radical (unpaired) electrons. The molecule has 10 heteroatoms. The predicted octanol–water partition coefficient (Wildman–Crippen LogP) is 6.29. The summed E-state index contributed by atoms with van der Waals surface area (Å²) in [5.74, 6) is -2.11. The third kappa shape index (κ3) is 4.73. The van der Waals surface area contributed by atoms with Crippen molar-refractivity contribution in [2.45, 2.75) is 12.1 Å². The van der Waals surface area contributed by atoms with Crippen molar-refractivity contribution in [1.29, 1.82) is 0 Å². The van der Waals surface area contributed by atoms with E-state index in [0.717, 1.165) is 16.8 Å². The van der Waals surface area contributed by atoms with Crippen molar-refractivity contribution in [2.75, 3.05) is 13.2 Å². The Morgan fingerprint density at radius 3 is 2.71 bits per heavy atom. The highest BCUT2D eigenvalue weighted by Crippen LogP contribution is 2.63. The second-order valence-corrected chi connectivity index (χ2v) is 10.3. The van der Waals surface area contributed by atoms with Crippen molar-refractivity contribution >= 4 is 52.6 Å². The second-order valence-electron chi connectivity index (χ2n) is 6.80. The van der Waals surface area contributed by atoms with Crippen molar-refractivity contribution < 1.29 is 27.2 Å². The molecule has 0 bridgehead atoms. The zero-order chi connectivity index (χ0) is 22.0. The van der Waals surface area contributed by atoms with Gasteiger partial charge >= 0.3 is 7.60 Å². The Labute approximate surface area is 186 Å². The number of rotatable bonds is 5. The van der Waals surface area contributed by atoms with Gasteiger partial charge in [-0.25, -0.2) is 8.78 Å². The Balaban J connectivity index is 1.67. The van der Waals surface area contributed by atoms with Gasteiger partial charge in [0.2, 0.25) is 5.91 Å². The summed E-state index contributed by atoms with van der Waals surface area (Å²) in [6, 6.07) is 8.34. The Morgan fingerprint density at radius 2 is 1.97 bits per heavy atom. The molecule has 1 aromatic heterocycles. The van der Waals surface area contributed by atoms with Crippen molar-refractivity contribution in [3.8, 4) is 0 Å². The van der Waals surface area contributed by atoms with Gasteiger partial charge in [-0.1, -0.05) is 11.6 Å². The average molecular weight is 484 g/mol. The summed E-state index contributed by atoms with van der Waals surface area (Å²) in [4.78, 5) is 13.1. The van der Waals surface area contributed by atoms with Crippen molar-refractivity contribution in [3.63, 3.8) is 0 Å². The van der Waals surface area contributed by atoms with E-state index in [4.69, 9.17) is 20.6 Å². The van der Waals surface area contributed by atoms with Gasteiger partial charge in [-0.3, -0.25) is 9.36 Å². The van der Waals surface area contributed by atoms with Crippen LogP contribution >= 0.6 is 30.5 Å². The summed E-state index contributed by atoms with van der Waals surface area (Å²) < 4.78 is 52.2. The molecule has 4 rings (SSSR count). The number of hydrogen-bond donors (Lipinski definition) is 1. The molecule has 1 N–H and O–H groups in total. The molecule has 1 fully saturated rings. The number of thiophene rings is 1. The summed E-state index contributed by atoms with van der Waals surface area (Å²) in [5.41, 5.74) is -0.669. The fourth-order valence-electron chi connectivity index (χ4n) is 3.25. The Bertz CT molecular complexity index is 1210. The lowest BCUT2D eigenvalue weighted by Crippen LogP contribution is -2.28. The molecule has 162 valence electrons. The smallest absolute Gasteiger partial charge is 0.332 e. The standard InChI is InChI=1S/C21H17ClF2NO4PS/c22-14-3-5-19-16(10-14)17(12-31-19)20(30(27)28-8-1-9-29-30)21(26)25-7-6-13-2-4-15(23)11-18(13)24/h2-7,10-12,20H,1,8-9H2,(H,25,26). The lowest BCUT2D eigenvalue weighted by atomic mass is 10.1. The molecule has 1 aliphatic heterocycles. The minimum Gasteiger partial charge on any atom is -0.332 e. The first-order chi connectivity index (χ1) is 14.9. The maximum Gasteiger partial charge on any atom is 0.347 e. The number of carbonyl (C=O) groups excluding carboxylic acids is 1. The molecule has 31 heavy (non-hydrogen) atoms. The largest absolute Gasteiger partial charge is 0.347 e. The molecule has 1 amide bonds. The van der Waals surface area contributed by atoms with E-state index in [1.54, 1.807) is 17.5 Å². The van der Waals surface area contributed by atoms with E-state index in [-0.39, 0.29) is 18.8 Å². The number of fused-ring (bicyclic) bond motifs is 1. The highest BCUT2D eigenvalue weighted by Gasteiger charge is 2.45. The molecule has 1 unspecified atom stereocenters. The van der Waals surface area contributed by atoms with Crippen LogP contribution in [0.25, 0.3) is 16.2 Å². The van der Waals surface area contributed by atoms with Gasteiger partial charge in [0.25, 0.3) is 0 Å². The minimum absolute atomic E-state index is 0.0859. The molecule has 5 nitrogen and oxygen atoms in total. The van der Waals surface area contributed by atoms with Crippen LogP contribution in [0, 0.1) is 11.6 Å². The summed E-state index contributed by atoms with van der Waals surface area (Å²) in [5, 5.41) is 5.41. The van der Waals surface area contributed by atoms with Gasteiger partial charge in [0, 0.05) is 27.6 Å². The number of hydrogen-bond acceptors (Lipinski definition) is 5. The van der Waals surface area contributed by atoms with Crippen LogP contribution in [0.5, 0.6) is 0 Å². The fourth-order valence-corrected chi connectivity index (χ4v) is 6.54. The van der Waals surface area contributed by atoms with E-state index < -0.39 is 30.8 Å². The van der Waals surface area contributed by atoms with Gasteiger partial charge in [-0.05, 0) is 59.2 Å². The number of benzene rings is 2. The molecule has 1 saturated heterocycles. The number of amides is 1. The molecule has 0 aliphatic carbocycles. The van der Waals surface area contributed by atoms with E-state index in [0.29, 0.717) is 22.4 Å². The Morgan fingerprint density at radius 1 is 1.19 bits per heavy atom. The topological polar surface area (TPSA) is 64.6 Å². The second kappa shape index (κ2) is 9.18. The van der Waals surface area contributed by atoms with Gasteiger partial charge in [0.1, 0.15) is 11.6 Å². The molecule has 2 aromatic carbocycles. The molecule has 2 heterocycles. The Hall–Kier alpha value is -2.09. The minimum atomic E-state index is -3.82.